The molecular weight excluding hydrogens is 338 g/mol. The van der Waals surface area contributed by atoms with Gasteiger partial charge in [0.2, 0.25) is 0 Å². The summed E-state index contributed by atoms with van der Waals surface area (Å²) in [6, 6.07) is 14.1. The molecule has 0 bridgehead atoms. The van der Waals surface area contributed by atoms with Crippen LogP contribution in [0.4, 0.5) is 0 Å². The third kappa shape index (κ3) is 2.61. The van der Waals surface area contributed by atoms with Crippen LogP contribution in [0.25, 0.3) is 16.6 Å². The molecule has 0 spiro atoms. The molecule has 2 aromatic heterocycles. The van der Waals surface area contributed by atoms with Gasteiger partial charge in [-0.3, -0.25) is 14.5 Å². The molecule has 0 fully saturated rings. The third-order valence-electron chi connectivity index (χ3n) is 4.05. The van der Waals surface area contributed by atoms with Crippen molar-refractivity contribution in [3.05, 3.63) is 87.7 Å². The number of hydrogen-bond donors (Lipinski definition) is 2. The van der Waals surface area contributed by atoms with Crippen molar-refractivity contribution in [1.29, 1.82) is 0 Å². The minimum Gasteiger partial charge on any atom is -0.318 e. The van der Waals surface area contributed by atoms with E-state index in [1.54, 1.807) is 30.6 Å². The van der Waals surface area contributed by atoms with Gasteiger partial charge in [0.15, 0.2) is 0 Å². The maximum atomic E-state index is 13.1. The number of benzene rings is 2. The number of nitrogens with two attached hydrogens (primary N) is 1. The molecule has 0 aliphatic carbocycles. The Bertz CT molecular complexity index is 1090. The van der Waals surface area contributed by atoms with Gasteiger partial charge in [0.1, 0.15) is 5.82 Å². The first-order valence-electron chi connectivity index (χ1n) is 7.67. The van der Waals surface area contributed by atoms with Crippen LogP contribution in [0.2, 0.25) is 5.02 Å². The molecule has 2 aromatic carbocycles. The fourth-order valence-electron chi connectivity index (χ4n) is 2.84. The van der Waals surface area contributed by atoms with E-state index in [-0.39, 0.29) is 5.56 Å². The first-order chi connectivity index (χ1) is 12.2. The molecule has 0 aliphatic heterocycles. The molecule has 2 heterocycles. The molecule has 124 valence electrons. The summed E-state index contributed by atoms with van der Waals surface area (Å²) in [5.41, 5.74) is 8.08. The number of fused-ring (bicyclic) bond motifs is 1. The predicted octanol–water partition coefficient (Wildman–Crippen LogP) is 2.81. The highest BCUT2D eigenvalue weighted by atomic mass is 35.5. The molecule has 25 heavy (non-hydrogen) atoms. The molecule has 7 heteroatoms. The summed E-state index contributed by atoms with van der Waals surface area (Å²) < 4.78 is 1.45. The van der Waals surface area contributed by atoms with Crippen molar-refractivity contribution in [2.24, 2.45) is 5.73 Å². The van der Waals surface area contributed by atoms with E-state index in [1.807, 2.05) is 30.3 Å². The van der Waals surface area contributed by atoms with Gasteiger partial charge in [0.25, 0.3) is 5.56 Å². The summed E-state index contributed by atoms with van der Waals surface area (Å²) in [4.78, 5) is 17.8. The molecule has 0 saturated heterocycles. The molecule has 6 nitrogen and oxygen atoms in total. The zero-order valence-electron chi connectivity index (χ0n) is 13.1. The summed E-state index contributed by atoms with van der Waals surface area (Å²) in [7, 11) is 0. The van der Waals surface area contributed by atoms with E-state index in [9.17, 15) is 4.79 Å². The summed E-state index contributed by atoms with van der Waals surface area (Å²) in [6.07, 6.45) is 3.17. The average molecular weight is 352 g/mol. The van der Waals surface area contributed by atoms with Crippen LogP contribution in [-0.4, -0.2) is 19.7 Å². The van der Waals surface area contributed by atoms with Crippen molar-refractivity contribution >= 4 is 22.5 Å². The van der Waals surface area contributed by atoms with E-state index in [4.69, 9.17) is 17.3 Å². The molecule has 0 radical (unpaired) electrons. The topological polar surface area (TPSA) is 89.6 Å². The zero-order valence-corrected chi connectivity index (χ0v) is 13.8. The number of halogens is 1. The van der Waals surface area contributed by atoms with Gasteiger partial charge >= 0.3 is 0 Å². The van der Waals surface area contributed by atoms with Crippen molar-refractivity contribution in [2.45, 2.75) is 6.04 Å². The number of aromatic nitrogens is 4. The SMILES string of the molecule is N[C@@H](c1ccccc1)c1nc2cccc(Cl)c2c(=O)n1-c1cn[nH]c1. The Labute approximate surface area is 147 Å². The lowest BCUT2D eigenvalue weighted by Crippen LogP contribution is -2.29. The summed E-state index contributed by atoms with van der Waals surface area (Å²) >= 11 is 6.24. The first-order valence-corrected chi connectivity index (χ1v) is 8.05. The lowest BCUT2D eigenvalue weighted by molar-refractivity contribution is 0.729. The summed E-state index contributed by atoms with van der Waals surface area (Å²) in [6.45, 7) is 0. The van der Waals surface area contributed by atoms with Crippen LogP contribution in [0.5, 0.6) is 0 Å². The second-order valence-electron chi connectivity index (χ2n) is 5.59. The van der Waals surface area contributed by atoms with E-state index in [0.29, 0.717) is 27.4 Å². The van der Waals surface area contributed by atoms with Gasteiger partial charge in [0.05, 0.1) is 33.9 Å². The lowest BCUT2D eigenvalue weighted by atomic mass is 10.1. The number of nitrogens with zero attached hydrogens (tertiary/aromatic N) is 3. The van der Waals surface area contributed by atoms with Crippen LogP contribution < -0.4 is 11.3 Å². The van der Waals surface area contributed by atoms with Gasteiger partial charge in [-0.25, -0.2) is 4.98 Å². The molecule has 0 saturated carbocycles. The summed E-state index contributed by atoms with van der Waals surface area (Å²) in [5.74, 6) is 0.423. The zero-order chi connectivity index (χ0) is 17.4. The van der Waals surface area contributed by atoms with Gasteiger partial charge in [-0.05, 0) is 17.7 Å². The van der Waals surface area contributed by atoms with Crippen molar-refractivity contribution in [2.75, 3.05) is 0 Å². The van der Waals surface area contributed by atoms with E-state index in [0.717, 1.165) is 5.56 Å². The van der Waals surface area contributed by atoms with Crippen LogP contribution in [0.15, 0.2) is 65.7 Å². The smallest absolute Gasteiger partial charge is 0.267 e. The van der Waals surface area contributed by atoms with Gasteiger partial charge in [-0.1, -0.05) is 48.0 Å². The Morgan fingerprint density at radius 2 is 1.92 bits per heavy atom. The standard InChI is InChI=1S/C18H14ClN5O/c19-13-7-4-8-14-15(13)18(25)24(12-9-21-22-10-12)17(23-14)16(20)11-5-2-1-3-6-11/h1-10,16H,20H2,(H,21,22)/t16-/m0/s1. The first kappa shape index (κ1) is 15.6. The van der Waals surface area contributed by atoms with E-state index in [2.05, 4.69) is 15.2 Å². The molecule has 0 amide bonds. The molecule has 1 atom stereocenters. The number of aromatic amines is 1. The van der Waals surface area contributed by atoms with Gasteiger partial charge in [0, 0.05) is 6.20 Å². The fraction of sp³-hybridized carbons (Fsp3) is 0.0556. The lowest BCUT2D eigenvalue weighted by Gasteiger charge is -2.18. The Balaban J connectivity index is 2.06. The number of rotatable bonds is 3. The van der Waals surface area contributed by atoms with Gasteiger partial charge in [-0.2, -0.15) is 5.10 Å². The minimum atomic E-state index is -0.577. The fourth-order valence-corrected chi connectivity index (χ4v) is 3.09. The molecule has 4 rings (SSSR count). The Morgan fingerprint density at radius 1 is 1.12 bits per heavy atom. The van der Waals surface area contributed by atoms with Crippen molar-refractivity contribution in [1.82, 2.24) is 19.7 Å². The Hall–Kier alpha value is -2.96. The van der Waals surface area contributed by atoms with Gasteiger partial charge in [-0.15, -0.1) is 0 Å². The van der Waals surface area contributed by atoms with Crippen molar-refractivity contribution in [3.8, 4) is 5.69 Å². The monoisotopic (exact) mass is 351 g/mol. The third-order valence-corrected chi connectivity index (χ3v) is 4.37. The minimum absolute atomic E-state index is 0.279. The number of nitrogens with one attached hydrogen (secondary N) is 1. The Kier molecular flexibility index (Phi) is 3.83. The van der Waals surface area contributed by atoms with Crippen LogP contribution >= 0.6 is 11.6 Å². The van der Waals surface area contributed by atoms with E-state index < -0.39 is 6.04 Å². The second-order valence-corrected chi connectivity index (χ2v) is 6.00. The maximum Gasteiger partial charge on any atom is 0.267 e. The molecule has 3 N–H and O–H groups in total. The second kappa shape index (κ2) is 6.16. The number of H-pyrrole nitrogens is 1. The van der Waals surface area contributed by atoms with E-state index >= 15 is 0 Å². The summed E-state index contributed by atoms with van der Waals surface area (Å²) in [5, 5.41) is 7.35. The van der Waals surface area contributed by atoms with Crippen LogP contribution in [0, 0.1) is 0 Å². The quantitative estimate of drug-likeness (QED) is 0.594. The molecule has 0 unspecified atom stereocenters. The van der Waals surface area contributed by atoms with Crippen LogP contribution in [0.3, 0.4) is 0 Å². The number of hydrogen-bond acceptors (Lipinski definition) is 4. The normalized spacial score (nSPS) is 12.4. The van der Waals surface area contributed by atoms with E-state index in [1.165, 1.54) is 4.57 Å². The maximum absolute atomic E-state index is 13.1. The van der Waals surface area contributed by atoms with Crippen LogP contribution in [-0.2, 0) is 0 Å². The van der Waals surface area contributed by atoms with Crippen molar-refractivity contribution < 1.29 is 0 Å². The molecule has 0 aliphatic rings. The predicted molar refractivity (Wildman–Crippen MR) is 97.0 cm³/mol. The highest BCUT2D eigenvalue weighted by Gasteiger charge is 2.21. The highest BCUT2D eigenvalue weighted by Crippen LogP contribution is 2.24. The van der Waals surface area contributed by atoms with Crippen LogP contribution in [0.1, 0.15) is 17.4 Å². The average Bonchev–Trinajstić information content (AvgIpc) is 3.15. The van der Waals surface area contributed by atoms with Crippen molar-refractivity contribution in [3.63, 3.8) is 0 Å². The highest BCUT2D eigenvalue weighted by molar-refractivity contribution is 6.35. The molecular formula is C18H14ClN5O. The molecule has 4 aromatic rings. The Morgan fingerprint density at radius 3 is 2.64 bits per heavy atom. The van der Waals surface area contributed by atoms with Gasteiger partial charge < -0.3 is 5.73 Å². The largest absolute Gasteiger partial charge is 0.318 e.